The Morgan fingerprint density at radius 3 is 2.18 bits per heavy atom. The normalized spacial score (nSPS) is 12.7. The molecule has 2 aromatic heterocycles. The van der Waals surface area contributed by atoms with Gasteiger partial charge in [-0.25, -0.2) is 0 Å². The van der Waals surface area contributed by atoms with E-state index < -0.39 is 29.7 Å². The molecule has 1 aromatic carbocycles. The second-order valence-corrected chi connectivity index (χ2v) is 8.35. The van der Waals surface area contributed by atoms with Crippen molar-refractivity contribution in [3.05, 3.63) is 77.1 Å². The van der Waals surface area contributed by atoms with E-state index in [1.165, 1.54) is 19.3 Å². The number of rotatable bonds is 9. The molecule has 9 heteroatoms. The first kappa shape index (κ1) is 24.5. The molecule has 5 N–H and O–H groups in total. The molecule has 0 saturated carbocycles. The van der Waals surface area contributed by atoms with E-state index in [1.54, 1.807) is 38.1 Å². The van der Waals surface area contributed by atoms with Gasteiger partial charge in [0.25, 0.3) is 5.91 Å². The third-order valence-corrected chi connectivity index (χ3v) is 5.56. The minimum atomic E-state index is -0.945. The Kier molecular flexibility index (Phi) is 7.68. The topological polar surface area (TPSA) is 144 Å². The molecule has 9 nitrogen and oxygen atoms in total. The van der Waals surface area contributed by atoms with Gasteiger partial charge in [0, 0.05) is 23.5 Å². The molecule has 0 aliphatic heterocycles. The molecule has 0 bridgehead atoms. The zero-order valence-corrected chi connectivity index (χ0v) is 19.2. The molecule has 0 aliphatic rings. The van der Waals surface area contributed by atoms with Crippen molar-refractivity contribution in [2.75, 3.05) is 0 Å². The predicted octanol–water partition coefficient (Wildman–Crippen LogP) is 3.01. The molecular weight excluding hydrogens is 436 g/mol. The maximum Gasteiger partial charge on any atom is 0.251 e. The van der Waals surface area contributed by atoms with Gasteiger partial charge in [-0.2, -0.15) is 0 Å². The van der Waals surface area contributed by atoms with Crippen molar-refractivity contribution in [2.45, 2.75) is 39.3 Å². The molecule has 3 aromatic rings. The number of pyridine rings is 1. The summed E-state index contributed by atoms with van der Waals surface area (Å²) >= 11 is 0. The van der Waals surface area contributed by atoms with Crippen molar-refractivity contribution in [1.82, 2.24) is 20.6 Å². The number of hydrogen-bond acceptors (Lipinski definition) is 6. The number of aromatic hydroxyl groups is 2. The first-order valence-corrected chi connectivity index (χ1v) is 10.9. The van der Waals surface area contributed by atoms with E-state index in [2.05, 4.69) is 20.6 Å². The van der Waals surface area contributed by atoms with Gasteiger partial charge in [-0.15, -0.1) is 0 Å². The molecule has 2 atom stereocenters. The monoisotopic (exact) mass is 464 g/mol. The number of ketones is 1. The average Bonchev–Trinajstić information content (AvgIpc) is 3.08. The summed E-state index contributed by atoms with van der Waals surface area (Å²) in [6.07, 6.45) is 2.91. The third-order valence-electron chi connectivity index (χ3n) is 5.56. The van der Waals surface area contributed by atoms with Gasteiger partial charge in [-0.1, -0.05) is 44.2 Å². The third kappa shape index (κ3) is 5.61. The molecule has 0 unspecified atom stereocenters. The molecule has 0 radical (unpaired) electrons. The van der Waals surface area contributed by atoms with Crippen LogP contribution in [-0.2, 0) is 4.79 Å². The maximum absolute atomic E-state index is 13.1. The fourth-order valence-electron chi connectivity index (χ4n) is 3.66. The molecule has 2 amide bonds. The van der Waals surface area contributed by atoms with E-state index in [-0.39, 0.29) is 35.3 Å². The van der Waals surface area contributed by atoms with E-state index in [9.17, 15) is 24.6 Å². The van der Waals surface area contributed by atoms with Crippen molar-refractivity contribution in [3.63, 3.8) is 0 Å². The largest absolute Gasteiger partial charge is 0.494 e. The van der Waals surface area contributed by atoms with E-state index in [1.807, 2.05) is 18.2 Å². The summed E-state index contributed by atoms with van der Waals surface area (Å²) in [6.45, 7) is 5.03. The highest BCUT2D eigenvalue weighted by Gasteiger charge is 2.31. The molecule has 0 fully saturated rings. The van der Waals surface area contributed by atoms with Gasteiger partial charge >= 0.3 is 0 Å². The molecule has 34 heavy (non-hydrogen) atoms. The Bertz CT molecular complexity index is 1160. The Hall–Kier alpha value is -4.14. The fourth-order valence-corrected chi connectivity index (χ4v) is 3.66. The smallest absolute Gasteiger partial charge is 0.251 e. The number of aromatic nitrogens is 2. The van der Waals surface area contributed by atoms with Crippen LogP contribution in [-0.4, -0.2) is 43.8 Å². The van der Waals surface area contributed by atoms with Crippen LogP contribution in [0, 0.1) is 12.8 Å². The van der Waals surface area contributed by atoms with Crippen LogP contribution >= 0.6 is 0 Å². The van der Waals surface area contributed by atoms with Gasteiger partial charge in [-0.3, -0.25) is 24.4 Å². The molecule has 0 aliphatic carbocycles. The van der Waals surface area contributed by atoms with E-state index in [4.69, 9.17) is 0 Å². The van der Waals surface area contributed by atoms with Crippen molar-refractivity contribution in [2.24, 2.45) is 5.92 Å². The van der Waals surface area contributed by atoms with Gasteiger partial charge in [-0.05, 0) is 30.5 Å². The molecule has 2 heterocycles. The minimum Gasteiger partial charge on any atom is -0.494 e. The van der Waals surface area contributed by atoms with Gasteiger partial charge < -0.3 is 20.8 Å². The average molecular weight is 465 g/mol. The van der Waals surface area contributed by atoms with Gasteiger partial charge in [0.1, 0.15) is 0 Å². The van der Waals surface area contributed by atoms with Crippen LogP contribution in [0.1, 0.15) is 58.2 Å². The minimum absolute atomic E-state index is 0.0675. The number of Topliss-reactive ketones (excluding diaryl/α,β-unsaturated/α-hetero) is 1. The van der Waals surface area contributed by atoms with Gasteiger partial charge in [0.05, 0.1) is 24.1 Å². The van der Waals surface area contributed by atoms with Crippen molar-refractivity contribution >= 4 is 17.6 Å². The van der Waals surface area contributed by atoms with E-state index in [0.29, 0.717) is 5.56 Å². The number of H-pyrrole nitrogens is 1. The molecule has 3 rings (SSSR count). The van der Waals surface area contributed by atoms with Crippen LogP contribution < -0.4 is 10.6 Å². The zero-order valence-electron chi connectivity index (χ0n) is 19.2. The number of carbonyl (C=O) groups is 3. The lowest BCUT2D eigenvalue weighted by atomic mass is 9.93. The van der Waals surface area contributed by atoms with Crippen molar-refractivity contribution < 1.29 is 24.6 Å². The summed E-state index contributed by atoms with van der Waals surface area (Å²) in [6, 6.07) is 10.6. The van der Waals surface area contributed by atoms with Crippen LogP contribution in [0.25, 0.3) is 0 Å². The molecular formula is C25H28N4O5. The zero-order chi connectivity index (χ0) is 24.8. The van der Waals surface area contributed by atoms with Crippen LogP contribution in [0.2, 0.25) is 0 Å². The summed E-state index contributed by atoms with van der Waals surface area (Å²) in [7, 11) is 0. The Morgan fingerprint density at radius 2 is 1.62 bits per heavy atom. The second kappa shape index (κ2) is 10.7. The Balaban J connectivity index is 1.79. The highest BCUT2D eigenvalue weighted by atomic mass is 16.3. The maximum atomic E-state index is 13.1. The van der Waals surface area contributed by atoms with Gasteiger partial charge in [0.15, 0.2) is 11.7 Å². The van der Waals surface area contributed by atoms with E-state index >= 15 is 0 Å². The summed E-state index contributed by atoms with van der Waals surface area (Å²) in [5, 5.41) is 25.5. The number of amides is 2. The second-order valence-electron chi connectivity index (χ2n) is 8.35. The van der Waals surface area contributed by atoms with Crippen LogP contribution in [0.5, 0.6) is 11.8 Å². The standard InChI is InChI=1S/C25H28N4O5/c1-14(2)21(22(31)20-15(3)23(32)29-25(20)34)28-19(30)13-18(16-7-5-4-6-8-16)27-24(33)17-9-11-26-12-10-17/h4-12,14,18,21,29,32,34H,13H2,1-3H3,(H,27,33)(H,28,30)/t18-,21+/m0/s1. The number of nitrogens with one attached hydrogen (secondary N) is 3. The number of carbonyl (C=O) groups excluding carboxylic acids is 3. The SMILES string of the molecule is Cc1c(O)[nH]c(O)c1C(=O)[C@H](NC(=O)C[C@H](NC(=O)c1ccncc1)c1ccccc1)C(C)C. The number of benzene rings is 1. The van der Waals surface area contributed by atoms with Crippen molar-refractivity contribution in [3.8, 4) is 11.8 Å². The van der Waals surface area contributed by atoms with Crippen molar-refractivity contribution in [1.29, 1.82) is 0 Å². The van der Waals surface area contributed by atoms with Crippen LogP contribution in [0.3, 0.4) is 0 Å². The molecule has 0 spiro atoms. The summed E-state index contributed by atoms with van der Waals surface area (Å²) in [5.41, 5.74) is 1.28. The Labute approximate surface area is 197 Å². The summed E-state index contributed by atoms with van der Waals surface area (Å²) in [5.74, 6) is -2.39. The lowest BCUT2D eigenvalue weighted by Gasteiger charge is -2.24. The first-order chi connectivity index (χ1) is 16.2. The van der Waals surface area contributed by atoms with Crippen LogP contribution in [0.4, 0.5) is 0 Å². The first-order valence-electron chi connectivity index (χ1n) is 10.9. The number of hydrogen-bond donors (Lipinski definition) is 5. The van der Waals surface area contributed by atoms with Crippen LogP contribution in [0.15, 0.2) is 54.9 Å². The molecule has 0 saturated heterocycles. The quantitative estimate of drug-likeness (QED) is 0.308. The Morgan fingerprint density at radius 1 is 0.971 bits per heavy atom. The highest BCUT2D eigenvalue weighted by Crippen LogP contribution is 2.30. The lowest BCUT2D eigenvalue weighted by molar-refractivity contribution is -0.122. The van der Waals surface area contributed by atoms with E-state index in [0.717, 1.165) is 5.56 Å². The lowest BCUT2D eigenvalue weighted by Crippen LogP contribution is -2.45. The number of nitrogens with zero attached hydrogens (tertiary/aromatic N) is 1. The fraction of sp³-hybridized carbons (Fsp3) is 0.280. The highest BCUT2D eigenvalue weighted by molar-refractivity contribution is 6.05. The molecule has 178 valence electrons. The summed E-state index contributed by atoms with van der Waals surface area (Å²) < 4.78 is 0. The number of aromatic amines is 1. The predicted molar refractivity (Wildman–Crippen MR) is 125 cm³/mol. The van der Waals surface area contributed by atoms with Gasteiger partial charge in [0.2, 0.25) is 11.8 Å². The summed E-state index contributed by atoms with van der Waals surface area (Å²) in [4.78, 5) is 45.1.